The fraction of sp³-hybridized carbons (Fsp3) is 0.167. The largest absolute Gasteiger partial charge is 0.397 e. The molecule has 0 aliphatic carbocycles. The van der Waals surface area contributed by atoms with Crippen molar-refractivity contribution in [2.24, 2.45) is 0 Å². The molecule has 0 atom stereocenters. The molecule has 172 valence electrons. The Morgan fingerprint density at radius 1 is 1.00 bits per heavy atom. The fourth-order valence-corrected chi connectivity index (χ4v) is 3.86. The summed E-state index contributed by atoms with van der Waals surface area (Å²) in [7, 11) is 0. The van der Waals surface area contributed by atoms with Crippen molar-refractivity contribution in [3.63, 3.8) is 0 Å². The average molecular weight is 464 g/mol. The van der Waals surface area contributed by atoms with Crippen LogP contribution in [0.1, 0.15) is 17.5 Å². The maximum absolute atomic E-state index is 12.6. The van der Waals surface area contributed by atoms with Crippen LogP contribution >= 0.6 is 0 Å². The average Bonchev–Trinajstić information content (AvgIpc) is 3.48. The van der Waals surface area contributed by atoms with E-state index in [0.29, 0.717) is 11.6 Å². The molecule has 0 saturated heterocycles. The highest BCUT2D eigenvalue weighted by molar-refractivity contribution is 5.78. The zero-order chi connectivity index (χ0) is 23.7. The van der Waals surface area contributed by atoms with Crippen LogP contribution in [0, 0.1) is 0 Å². The summed E-state index contributed by atoms with van der Waals surface area (Å²) in [5.74, 6) is 0.151. The van der Waals surface area contributed by atoms with Gasteiger partial charge in [-0.3, -0.25) is 9.89 Å². The smallest absolute Gasteiger partial charge is 0.340 e. The predicted octanol–water partition coefficient (Wildman–Crippen LogP) is 5.07. The molecule has 0 spiro atoms. The third-order valence-electron chi connectivity index (χ3n) is 5.54. The van der Waals surface area contributed by atoms with E-state index in [2.05, 4.69) is 25.5 Å². The van der Waals surface area contributed by atoms with Crippen LogP contribution < -0.4 is 5.32 Å². The second-order valence-electron chi connectivity index (χ2n) is 7.98. The first-order valence-electron chi connectivity index (χ1n) is 10.5. The number of rotatable bonds is 5. The van der Waals surface area contributed by atoms with Crippen molar-refractivity contribution in [3.8, 4) is 22.5 Å². The van der Waals surface area contributed by atoms with Crippen LogP contribution in [0.3, 0.4) is 0 Å². The van der Waals surface area contributed by atoms with Gasteiger partial charge < -0.3 is 10.2 Å². The molecule has 0 unspecified atom stereocenters. The molecule has 3 heterocycles. The highest BCUT2D eigenvalue weighted by atomic mass is 19.4. The Morgan fingerprint density at radius 3 is 2.50 bits per heavy atom. The Labute approximate surface area is 192 Å². The standard InChI is InChI=1S/C24H19F3N6O/c25-24(26,27)10-22(34)33-13-17-2-1-16(9-18(17)14-33)23-28-8-7-21(32-23)31-20-5-3-15(4-6-20)19-11-29-30-12-19/h1-9,11-12H,10,13-14H2,(H,29,30)(H,28,31,32). The lowest BCUT2D eigenvalue weighted by atomic mass is 10.1. The van der Waals surface area contributed by atoms with E-state index in [1.165, 1.54) is 4.90 Å². The number of hydrogen-bond acceptors (Lipinski definition) is 5. The lowest BCUT2D eigenvalue weighted by molar-refractivity contribution is -0.161. The van der Waals surface area contributed by atoms with Crippen LogP contribution in [0.5, 0.6) is 0 Å². The number of carbonyl (C=O) groups excluding carboxylic acids is 1. The van der Waals surface area contributed by atoms with Gasteiger partial charge in [-0.15, -0.1) is 0 Å². The number of H-pyrrole nitrogens is 1. The van der Waals surface area contributed by atoms with Crippen molar-refractivity contribution in [3.05, 3.63) is 78.2 Å². The highest BCUT2D eigenvalue weighted by Crippen LogP contribution is 2.30. The molecule has 1 aliphatic heterocycles. The number of nitrogens with zero attached hydrogens (tertiary/aromatic N) is 4. The molecule has 1 amide bonds. The first kappa shape index (κ1) is 21.6. The highest BCUT2D eigenvalue weighted by Gasteiger charge is 2.35. The Balaban J connectivity index is 1.30. The lowest BCUT2D eigenvalue weighted by Gasteiger charge is -2.16. The van der Waals surface area contributed by atoms with Crippen molar-refractivity contribution < 1.29 is 18.0 Å². The van der Waals surface area contributed by atoms with E-state index in [1.54, 1.807) is 18.5 Å². The summed E-state index contributed by atoms with van der Waals surface area (Å²) in [5.41, 5.74) is 5.22. The minimum atomic E-state index is -4.52. The first-order valence-corrected chi connectivity index (χ1v) is 10.5. The van der Waals surface area contributed by atoms with Gasteiger partial charge in [-0.25, -0.2) is 9.97 Å². The van der Waals surface area contributed by atoms with E-state index in [1.807, 2.05) is 48.7 Å². The second kappa shape index (κ2) is 8.62. The minimum absolute atomic E-state index is 0.138. The number of nitrogens with one attached hydrogen (secondary N) is 2. The van der Waals surface area contributed by atoms with Gasteiger partial charge in [0, 0.05) is 42.3 Å². The van der Waals surface area contributed by atoms with E-state index in [4.69, 9.17) is 0 Å². The number of hydrogen-bond donors (Lipinski definition) is 2. The van der Waals surface area contributed by atoms with Crippen LogP contribution in [-0.2, 0) is 17.9 Å². The number of benzene rings is 2. The van der Waals surface area contributed by atoms with Gasteiger partial charge >= 0.3 is 6.18 Å². The van der Waals surface area contributed by atoms with E-state index >= 15 is 0 Å². The van der Waals surface area contributed by atoms with Crippen LogP contribution in [-0.4, -0.2) is 37.1 Å². The Morgan fingerprint density at radius 2 is 1.76 bits per heavy atom. The van der Waals surface area contributed by atoms with E-state index in [0.717, 1.165) is 33.5 Å². The summed E-state index contributed by atoms with van der Waals surface area (Å²) in [6, 6.07) is 15.0. The molecule has 0 saturated carbocycles. The molecule has 2 N–H and O–H groups in total. The molecule has 0 fully saturated rings. The number of fused-ring (bicyclic) bond motifs is 1. The predicted molar refractivity (Wildman–Crippen MR) is 120 cm³/mol. The van der Waals surface area contributed by atoms with Crippen molar-refractivity contribution in [2.45, 2.75) is 25.7 Å². The van der Waals surface area contributed by atoms with Gasteiger partial charge in [0.05, 0.1) is 6.20 Å². The molecular weight excluding hydrogens is 445 g/mol. The molecule has 7 nitrogen and oxygen atoms in total. The van der Waals surface area contributed by atoms with E-state index < -0.39 is 18.5 Å². The van der Waals surface area contributed by atoms with Crippen molar-refractivity contribution in [1.82, 2.24) is 25.1 Å². The maximum Gasteiger partial charge on any atom is 0.397 e. The summed E-state index contributed by atoms with van der Waals surface area (Å²) in [5, 5.41) is 9.99. The van der Waals surface area contributed by atoms with Gasteiger partial charge in [-0.2, -0.15) is 18.3 Å². The molecule has 1 aliphatic rings. The minimum Gasteiger partial charge on any atom is -0.340 e. The van der Waals surface area contributed by atoms with Gasteiger partial charge in [0.15, 0.2) is 5.82 Å². The second-order valence-corrected chi connectivity index (χ2v) is 7.98. The summed E-state index contributed by atoms with van der Waals surface area (Å²) >= 11 is 0. The van der Waals surface area contributed by atoms with E-state index in [-0.39, 0.29) is 13.1 Å². The van der Waals surface area contributed by atoms with Crippen LogP contribution in [0.2, 0.25) is 0 Å². The molecule has 5 rings (SSSR count). The Bertz CT molecular complexity index is 1320. The van der Waals surface area contributed by atoms with Gasteiger partial charge in [-0.05, 0) is 41.0 Å². The molecule has 2 aromatic heterocycles. The Kier molecular flexibility index (Phi) is 5.48. The molecule has 4 aromatic rings. The SMILES string of the molecule is O=C(CC(F)(F)F)N1Cc2ccc(-c3nccc(Nc4ccc(-c5cn[nH]c5)cc4)n3)cc2C1. The zero-order valence-corrected chi connectivity index (χ0v) is 17.8. The summed E-state index contributed by atoms with van der Waals surface area (Å²) in [6.45, 7) is 0.306. The van der Waals surface area contributed by atoms with Crippen molar-refractivity contribution in [2.75, 3.05) is 5.32 Å². The summed E-state index contributed by atoms with van der Waals surface area (Å²) < 4.78 is 37.7. The quantitative estimate of drug-likeness (QED) is 0.431. The third-order valence-corrected chi connectivity index (χ3v) is 5.54. The number of halogens is 3. The molecule has 2 aromatic carbocycles. The van der Waals surface area contributed by atoms with Crippen molar-refractivity contribution >= 4 is 17.4 Å². The number of aromatic amines is 1. The van der Waals surface area contributed by atoms with E-state index in [9.17, 15) is 18.0 Å². The maximum atomic E-state index is 12.6. The molecule has 10 heteroatoms. The first-order chi connectivity index (χ1) is 16.3. The van der Waals surface area contributed by atoms with Crippen LogP contribution in [0.15, 0.2) is 67.1 Å². The summed E-state index contributed by atoms with van der Waals surface area (Å²) in [6.07, 6.45) is -0.759. The lowest BCUT2D eigenvalue weighted by Crippen LogP contribution is -2.29. The Hall–Kier alpha value is -4.21. The molecule has 34 heavy (non-hydrogen) atoms. The number of carbonyl (C=O) groups is 1. The summed E-state index contributed by atoms with van der Waals surface area (Å²) in [4.78, 5) is 22.1. The molecule has 0 bridgehead atoms. The molecule has 0 radical (unpaired) electrons. The van der Waals surface area contributed by atoms with Gasteiger partial charge in [0.25, 0.3) is 0 Å². The van der Waals surface area contributed by atoms with Gasteiger partial charge in [0.2, 0.25) is 5.91 Å². The number of anilines is 2. The van der Waals surface area contributed by atoms with Crippen LogP contribution in [0.25, 0.3) is 22.5 Å². The number of amides is 1. The fourth-order valence-electron chi connectivity index (χ4n) is 3.86. The van der Waals surface area contributed by atoms with Gasteiger partial charge in [0.1, 0.15) is 12.2 Å². The number of aromatic nitrogens is 4. The zero-order valence-electron chi connectivity index (χ0n) is 17.8. The molecular formula is C24H19F3N6O. The van der Waals surface area contributed by atoms with Crippen molar-refractivity contribution in [1.29, 1.82) is 0 Å². The topological polar surface area (TPSA) is 86.8 Å². The third kappa shape index (κ3) is 4.75. The van der Waals surface area contributed by atoms with Crippen LogP contribution in [0.4, 0.5) is 24.7 Å². The van der Waals surface area contributed by atoms with Gasteiger partial charge in [-0.1, -0.05) is 24.3 Å². The number of alkyl halides is 3. The monoisotopic (exact) mass is 464 g/mol. The normalized spacial score (nSPS) is 13.1.